The van der Waals surface area contributed by atoms with Crippen LogP contribution >= 0.6 is 0 Å². The Morgan fingerprint density at radius 3 is 2.72 bits per heavy atom. The van der Waals surface area contributed by atoms with Gasteiger partial charge in [0.05, 0.1) is 16.6 Å². The summed E-state index contributed by atoms with van der Waals surface area (Å²) in [7, 11) is 1.84. The summed E-state index contributed by atoms with van der Waals surface area (Å²) in [6.07, 6.45) is 0. The van der Waals surface area contributed by atoms with Gasteiger partial charge < -0.3 is 9.67 Å². The van der Waals surface area contributed by atoms with Crippen molar-refractivity contribution in [1.29, 1.82) is 0 Å². The molecule has 4 heteroatoms. The Morgan fingerprint density at radius 2 is 1.94 bits per heavy atom. The van der Waals surface area contributed by atoms with Crippen molar-refractivity contribution in [3.63, 3.8) is 0 Å². The number of nitrogens with zero attached hydrogens (tertiary/aromatic N) is 2. The second-order valence-corrected chi connectivity index (χ2v) is 4.14. The van der Waals surface area contributed by atoms with Crippen molar-refractivity contribution >= 4 is 11.0 Å². The summed E-state index contributed by atoms with van der Waals surface area (Å²) < 4.78 is 15.0. The number of aryl methyl sites for hydroxylation is 1. The number of aromatic nitrogens is 2. The largest absolute Gasteiger partial charge is 0.507 e. The normalized spacial score (nSPS) is 11.0. The number of rotatable bonds is 1. The third-order valence-electron chi connectivity index (χ3n) is 2.99. The van der Waals surface area contributed by atoms with Crippen molar-refractivity contribution in [1.82, 2.24) is 9.55 Å². The van der Waals surface area contributed by atoms with Gasteiger partial charge in [-0.25, -0.2) is 9.37 Å². The summed E-state index contributed by atoms with van der Waals surface area (Å²) in [5.74, 6) is 0.467. The van der Waals surface area contributed by atoms with Crippen molar-refractivity contribution in [2.24, 2.45) is 7.05 Å². The predicted octanol–water partition coefficient (Wildman–Crippen LogP) is 3.09. The van der Waals surface area contributed by atoms with Crippen molar-refractivity contribution in [2.45, 2.75) is 0 Å². The Morgan fingerprint density at radius 1 is 1.17 bits per heavy atom. The lowest BCUT2D eigenvalue weighted by molar-refractivity contribution is 0.476. The topological polar surface area (TPSA) is 38.0 Å². The van der Waals surface area contributed by atoms with Gasteiger partial charge in [-0.2, -0.15) is 0 Å². The first-order chi connectivity index (χ1) is 8.66. The first-order valence-electron chi connectivity index (χ1n) is 5.57. The first-order valence-corrected chi connectivity index (χ1v) is 5.57. The lowest BCUT2D eigenvalue weighted by Crippen LogP contribution is -1.92. The van der Waals surface area contributed by atoms with E-state index in [1.807, 2.05) is 17.7 Å². The highest BCUT2D eigenvalue weighted by Gasteiger charge is 2.12. The van der Waals surface area contributed by atoms with Gasteiger partial charge in [-0.3, -0.25) is 0 Å². The molecule has 0 atom stereocenters. The maximum absolute atomic E-state index is 13.2. The lowest BCUT2D eigenvalue weighted by Gasteiger charge is -2.04. The summed E-state index contributed by atoms with van der Waals surface area (Å²) in [6, 6.07) is 11.4. The number of phenolic OH excluding ortho intramolecular Hbond substituents is 1. The van der Waals surface area contributed by atoms with E-state index in [4.69, 9.17) is 0 Å². The highest BCUT2D eigenvalue weighted by Crippen LogP contribution is 2.30. The SMILES string of the molecule is Cn1c(-c2ccccc2O)nc2cc(F)ccc21. The van der Waals surface area contributed by atoms with Gasteiger partial charge in [-0.05, 0) is 24.3 Å². The third-order valence-corrected chi connectivity index (χ3v) is 2.99. The van der Waals surface area contributed by atoms with Crippen LogP contribution in [0.2, 0.25) is 0 Å². The maximum atomic E-state index is 13.2. The monoisotopic (exact) mass is 242 g/mol. The number of fused-ring (bicyclic) bond motifs is 1. The Hall–Kier alpha value is -2.36. The molecule has 3 nitrogen and oxygen atoms in total. The fourth-order valence-corrected chi connectivity index (χ4v) is 2.08. The zero-order chi connectivity index (χ0) is 12.7. The van der Waals surface area contributed by atoms with Crippen LogP contribution in [-0.2, 0) is 7.05 Å². The van der Waals surface area contributed by atoms with Crippen molar-refractivity contribution in [3.05, 3.63) is 48.3 Å². The van der Waals surface area contributed by atoms with Gasteiger partial charge in [0.1, 0.15) is 17.4 Å². The molecule has 3 rings (SSSR count). The van der Waals surface area contributed by atoms with Crippen LogP contribution in [0.15, 0.2) is 42.5 Å². The number of aromatic hydroxyl groups is 1. The molecule has 0 fully saturated rings. The van der Waals surface area contributed by atoms with Gasteiger partial charge in [0.15, 0.2) is 0 Å². The average Bonchev–Trinajstić information content (AvgIpc) is 2.67. The fourth-order valence-electron chi connectivity index (χ4n) is 2.08. The van der Waals surface area contributed by atoms with Crippen LogP contribution in [0.4, 0.5) is 4.39 Å². The molecule has 0 saturated carbocycles. The predicted molar refractivity (Wildman–Crippen MR) is 67.8 cm³/mol. The number of hydrogen-bond acceptors (Lipinski definition) is 2. The molecule has 1 heterocycles. The van der Waals surface area contributed by atoms with Crippen LogP contribution in [0.5, 0.6) is 5.75 Å². The molecule has 0 unspecified atom stereocenters. The number of hydrogen-bond donors (Lipinski definition) is 1. The van der Waals surface area contributed by atoms with Gasteiger partial charge in [0.25, 0.3) is 0 Å². The zero-order valence-electron chi connectivity index (χ0n) is 9.76. The third kappa shape index (κ3) is 1.54. The van der Waals surface area contributed by atoms with Gasteiger partial charge in [-0.1, -0.05) is 12.1 Å². The molecule has 0 saturated heterocycles. The van der Waals surface area contributed by atoms with Gasteiger partial charge in [-0.15, -0.1) is 0 Å². The molecule has 18 heavy (non-hydrogen) atoms. The van der Waals surface area contributed by atoms with E-state index in [-0.39, 0.29) is 11.6 Å². The maximum Gasteiger partial charge on any atom is 0.144 e. The minimum Gasteiger partial charge on any atom is -0.507 e. The van der Waals surface area contributed by atoms with Crippen LogP contribution in [0, 0.1) is 5.82 Å². The molecule has 0 spiro atoms. The van der Waals surface area contributed by atoms with E-state index in [0.29, 0.717) is 16.9 Å². The average molecular weight is 242 g/mol. The molecule has 0 radical (unpaired) electrons. The molecule has 1 N–H and O–H groups in total. The first kappa shape index (κ1) is 10.8. The van der Waals surface area contributed by atoms with Gasteiger partial charge in [0.2, 0.25) is 0 Å². The standard InChI is InChI=1S/C14H11FN2O/c1-17-12-7-6-9(15)8-11(12)16-14(17)10-4-2-3-5-13(10)18/h2-8,18H,1H3. The summed E-state index contributed by atoms with van der Waals surface area (Å²) in [6.45, 7) is 0. The van der Waals surface area contributed by atoms with E-state index >= 15 is 0 Å². The molecule has 3 aromatic rings. The molecular formula is C14H11FN2O. The second kappa shape index (κ2) is 3.84. The van der Waals surface area contributed by atoms with Crippen molar-refractivity contribution in [2.75, 3.05) is 0 Å². The number of phenols is 1. The van der Waals surface area contributed by atoms with Crippen LogP contribution in [-0.4, -0.2) is 14.7 Å². The molecule has 0 bridgehead atoms. The van der Waals surface area contributed by atoms with E-state index in [1.165, 1.54) is 12.1 Å². The van der Waals surface area contributed by atoms with Crippen LogP contribution in [0.25, 0.3) is 22.4 Å². The van der Waals surface area contributed by atoms with Gasteiger partial charge >= 0.3 is 0 Å². The molecule has 0 amide bonds. The molecular weight excluding hydrogens is 231 g/mol. The summed E-state index contributed by atoms with van der Waals surface area (Å²) in [5, 5.41) is 9.84. The van der Waals surface area contributed by atoms with Crippen LogP contribution in [0.1, 0.15) is 0 Å². The molecule has 0 aliphatic heterocycles. The minimum absolute atomic E-state index is 0.163. The smallest absolute Gasteiger partial charge is 0.144 e. The number of imidazole rings is 1. The molecule has 1 aromatic heterocycles. The molecule has 2 aromatic carbocycles. The van der Waals surface area contributed by atoms with E-state index in [1.54, 1.807) is 24.3 Å². The number of para-hydroxylation sites is 1. The van der Waals surface area contributed by atoms with Gasteiger partial charge in [0, 0.05) is 13.1 Å². The van der Waals surface area contributed by atoms with Crippen molar-refractivity contribution < 1.29 is 9.50 Å². The Kier molecular flexibility index (Phi) is 2.30. The Balaban J connectivity index is 2.31. The summed E-state index contributed by atoms with van der Waals surface area (Å²) in [4.78, 5) is 4.37. The number of halogens is 1. The van der Waals surface area contributed by atoms with E-state index in [0.717, 1.165) is 5.52 Å². The second-order valence-electron chi connectivity index (χ2n) is 4.14. The van der Waals surface area contributed by atoms with Crippen molar-refractivity contribution in [3.8, 4) is 17.1 Å². The summed E-state index contributed by atoms with van der Waals surface area (Å²) in [5.41, 5.74) is 2.04. The van der Waals surface area contributed by atoms with Crippen LogP contribution < -0.4 is 0 Å². The molecule has 0 aliphatic carbocycles. The van der Waals surface area contributed by atoms with Crippen LogP contribution in [0.3, 0.4) is 0 Å². The fraction of sp³-hybridized carbons (Fsp3) is 0.0714. The Labute approximate surface area is 103 Å². The number of benzene rings is 2. The lowest BCUT2D eigenvalue weighted by atomic mass is 10.2. The highest BCUT2D eigenvalue weighted by molar-refractivity contribution is 5.81. The Bertz CT molecular complexity index is 734. The summed E-state index contributed by atoms with van der Waals surface area (Å²) >= 11 is 0. The highest BCUT2D eigenvalue weighted by atomic mass is 19.1. The molecule has 90 valence electrons. The zero-order valence-corrected chi connectivity index (χ0v) is 9.76. The molecule has 0 aliphatic rings. The van der Waals surface area contributed by atoms with E-state index in [9.17, 15) is 9.50 Å². The minimum atomic E-state index is -0.315. The van der Waals surface area contributed by atoms with E-state index < -0.39 is 0 Å². The van der Waals surface area contributed by atoms with E-state index in [2.05, 4.69) is 4.98 Å². The quantitative estimate of drug-likeness (QED) is 0.712.